The Bertz CT molecular complexity index is 847. The SMILES string of the molecule is O=C(NCC1Cc2cccc(-c3cncnc3)c2O1)c1ccoc1. The van der Waals surface area contributed by atoms with E-state index in [0.29, 0.717) is 12.1 Å². The quantitative estimate of drug-likeness (QED) is 0.799. The number of carbonyl (C=O) groups is 1. The van der Waals surface area contributed by atoms with Crippen molar-refractivity contribution in [1.29, 1.82) is 0 Å². The fourth-order valence-electron chi connectivity index (χ4n) is 2.82. The molecule has 1 amide bonds. The Hall–Kier alpha value is -3.15. The Morgan fingerprint density at radius 1 is 1.25 bits per heavy atom. The van der Waals surface area contributed by atoms with Crippen LogP contribution in [-0.4, -0.2) is 28.5 Å². The highest BCUT2D eigenvalue weighted by Gasteiger charge is 2.26. The Morgan fingerprint density at radius 3 is 2.92 bits per heavy atom. The topological polar surface area (TPSA) is 77.2 Å². The number of furan rings is 1. The van der Waals surface area contributed by atoms with Gasteiger partial charge in [-0.05, 0) is 11.6 Å². The molecule has 1 aliphatic heterocycles. The molecule has 1 unspecified atom stereocenters. The molecule has 120 valence electrons. The summed E-state index contributed by atoms with van der Waals surface area (Å²) < 4.78 is 11.0. The second-order valence-corrected chi connectivity index (χ2v) is 5.59. The normalized spacial score (nSPS) is 15.6. The Morgan fingerprint density at radius 2 is 2.12 bits per heavy atom. The van der Waals surface area contributed by atoms with Gasteiger partial charge in [0.05, 0.1) is 18.4 Å². The van der Waals surface area contributed by atoms with E-state index in [4.69, 9.17) is 9.15 Å². The first-order valence-electron chi connectivity index (χ1n) is 7.65. The van der Waals surface area contributed by atoms with Crippen molar-refractivity contribution in [1.82, 2.24) is 15.3 Å². The second kappa shape index (κ2) is 6.16. The Kier molecular flexibility index (Phi) is 3.70. The van der Waals surface area contributed by atoms with Crippen molar-refractivity contribution in [2.45, 2.75) is 12.5 Å². The first-order valence-corrected chi connectivity index (χ1v) is 7.65. The molecule has 0 radical (unpaired) electrons. The van der Waals surface area contributed by atoms with Gasteiger partial charge in [0.25, 0.3) is 5.91 Å². The van der Waals surface area contributed by atoms with Gasteiger partial charge in [-0.2, -0.15) is 0 Å². The van der Waals surface area contributed by atoms with Gasteiger partial charge in [-0.25, -0.2) is 9.97 Å². The van der Waals surface area contributed by atoms with E-state index in [-0.39, 0.29) is 12.0 Å². The molecule has 1 aromatic carbocycles. The number of ether oxygens (including phenoxy) is 1. The Balaban J connectivity index is 1.47. The molecule has 0 fully saturated rings. The number of rotatable bonds is 4. The van der Waals surface area contributed by atoms with Crippen LogP contribution in [0, 0.1) is 0 Å². The lowest BCUT2D eigenvalue weighted by Crippen LogP contribution is -2.34. The largest absolute Gasteiger partial charge is 0.487 e. The third kappa shape index (κ3) is 2.74. The monoisotopic (exact) mass is 321 g/mol. The zero-order valence-corrected chi connectivity index (χ0v) is 12.8. The molecule has 0 aliphatic carbocycles. The lowest BCUT2D eigenvalue weighted by molar-refractivity contribution is 0.0933. The smallest absolute Gasteiger partial charge is 0.254 e. The third-order valence-corrected chi connectivity index (χ3v) is 3.97. The molecule has 4 rings (SSSR count). The van der Waals surface area contributed by atoms with Crippen LogP contribution in [0.3, 0.4) is 0 Å². The van der Waals surface area contributed by atoms with Gasteiger partial charge in [0, 0.05) is 29.9 Å². The van der Waals surface area contributed by atoms with Crippen LogP contribution in [0.2, 0.25) is 0 Å². The highest BCUT2D eigenvalue weighted by molar-refractivity contribution is 5.93. The van der Waals surface area contributed by atoms with Crippen LogP contribution < -0.4 is 10.1 Å². The van der Waals surface area contributed by atoms with Crippen molar-refractivity contribution in [3.05, 3.63) is 66.6 Å². The van der Waals surface area contributed by atoms with Crippen LogP contribution in [0.1, 0.15) is 15.9 Å². The van der Waals surface area contributed by atoms with Crippen LogP contribution in [0.4, 0.5) is 0 Å². The van der Waals surface area contributed by atoms with Gasteiger partial charge in [0.1, 0.15) is 24.4 Å². The van der Waals surface area contributed by atoms with Gasteiger partial charge in [-0.1, -0.05) is 18.2 Å². The molecular formula is C18H15N3O3. The minimum Gasteiger partial charge on any atom is -0.487 e. The lowest BCUT2D eigenvalue weighted by Gasteiger charge is -2.13. The predicted molar refractivity (Wildman–Crippen MR) is 86.6 cm³/mol. The van der Waals surface area contributed by atoms with Crippen LogP contribution >= 0.6 is 0 Å². The van der Waals surface area contributed by atoms with Gasteiger partial charge in [0.15, 0.2) is 0 Å². The highest BCUT2D eigenvalue weighted by Crippen LogP contribution is 2.38. The van der Waals surface area contributed by atoms with Crippen LogP contribution in [0.25, 0.3) is 11.1 Å². The molecule has 3 aromatic rings. The number of amides is 1. The second-order valence-electron chi connectivity index (χ2n) is 5.59. The fraction of sp³-hybridized carbons (Fsp3) is 0.167. The summed E-state index contributed by atoms with van der Waals surface area (Å²) in [5.74, 6) is 0.676. The van der Waals surface area contributed by atoms with E-state index in [0.717, 1.165) is 28.9 Å². The highest BCUT2D eigenvalue weighted by atomic mass is 16.5. The van der Waals surface area contributed by atoms with Gasteiger partial charge in [-0.3, -0.25) is 4.79 Å². The van der Waals surface area contributed by atoms with E-state index in [1.807, 2.05) is 18.2 Å². The summed E-state index contributed by atoms with van der Waals surface area (Å²) in [6, 6.07) is 7.66. The predicted octanol–water partition coefficient (Wildman–Crippen LogP) is 2.47. The molecule has 1 N–H and O–H groups in total. The van der Waals surface area contributed by atoms with Crippen molar-refractivity contribution >= 4 is 5.91 Å². The molecule has 3 heterocycles. The van der Waals surface area contributed by atoms with E-state index in [2.05, 4.69) is 15.3 Å². The number of benzene rings is 1. The van der Waals surface area contributed by atoms with E-state index in [1.165, 1.54) is 18.9 Å². The minimum atomic E-state index is -0.167. The van der Waals surface area contributed by atoms with Crippen LogP contribution in [-0.2, 0) is 6.42 Å². The molecule has 1 atom stereocenters. The third-order valence-electron chi connectivity index (χ3n) is 3.97. The first-order chi connectivity index (χ1) is 11.8. The van der Waals surface area contributed by atoms with Gasteiger partial charge < -0.3 is 14.5 Å². The number of nitrogens with one attached hydrogen (secondary N) is 1. The summed E-state index contributed by atoms with van der Waals surface area (Å²) >= 11 is 0. The maximum absolute atomic E-state index is 12.0. The number of para-hydroxylation sites is 1. The summed E-state index contributed by atoms with van der Waals surface area (Å²) in [7, 11) is 0. The van der Waals surface area contributed by atoms with Crippen molar-refractivity contribution in [2.75, 3.05) is 6.54 Å². The average molecular weight is 321 g/mol. The molecule has 1 aliphatic rings. The number of fused-ring (bicyclic) bond motifs is 1. The van der Waals surface area contributed by atoms with E-state index >= 15 is 0 Å². The van der Waals surface area contributed by atoms with Gasteiger partial charge in [-0.15, -0.1) is 0 Å². The summed E-state index contributed by atoms with van der Waals surface area (Å²) in [6.07, 6.45) is 8.59. The van der Waals surface area contributed by atoms with Crippen LogP contribution in [0.5, 0.6) is 5.75 Å². The summed E-state index contributed by atoms with van der Waals surface area (Å²) in [4.78, 5) is 20.1. The molecule has 24 heavy (non-hydrogen) atoms. The first kappa shape index (κ1) is 14.4. The molecule has 0 spiro atoms. The number of hydrogen-bond donors (Lipinski definition) is 1. The standard InChI is InChI=1S/C18H15N3O3/c22-18(13-4-5-23-10-13)21-9-15-6-12-2-1-3-16(17(12)24-15)14-7-19-11-20-8-14/h1-5,7-8,10-11,15H,6,9H2,(H,21,22). The average Bonchev–Trinajstić information content (AvgIpc) is 3.29. The molecule has 6 heteroatoms. The molecular weight excluding hydrogens is 306 g/mol. The van der Waals surface area contributed by atoms with Crippen molar-refractivity contribution in [2.24, 2.45) is 0 Å². The number of hydrogen-bond acceptors (Lipinski definition) is 5. The van der Waals surface area contributed by atoms with Crippen molar-refractivity contribution in [3.8, 4) is 16.9 Å². The zero-order chi connectivity index (χ0) is 16.4. The molecule has 2 aromatic heterocycles. The molecule has 6 nitrogen and oxygen atoms in total. The maximum Gasteiger partial charge on any atom is 0.254 e. The van der Waals surface area contributed by atoms with E-state index in [1.54, 1.807) is 18.5 Å². The Labute approximate surface area is 138 Å². The van der Waals surface area contributed by atoms with Crippen molar-refractivity contribution in [3.63, 3.8) is 0 Å². The van der Waals surface area contributed by atoms with E-state index < -0.39 is 0 Å². The van der Waals surface area contributed by atoms with Crippen LogP contribution in [0.15, 0.2) is 59.9 Å². The summed E-state index contributed by atoms with van der Waals surface area (Å²) in [5, 5.41) is 2.87. The minimum absolute atomic E-state index is 0.0957. The molecule has 0 bridgehead atoms. The zero-order valence-electron chi connectivity index (χ0n) is 12.8. The maximum atomic E-state index is 12.0. The number of carbonyl (C=O) groups excluding carboxylic acids is 1. The van der Waals surface area contributed by atoms with Crippen molar-refractivity contribution < 1.29 is 13.9 Å². The number of nitrogens with zero attached hydrogens (tertiary/aromatic N) is 2. The lowest BCUT2D eigenvalue weighted by atomic mass is 10.0. The van der Waals surface area contributed by atoms with Gasteiger partial charge >= 0.3 is 0 Å². The molecule has 0 saturated heterocycles. The van der Waals surface area contributed by atoms with E-state index in [9.17, 15) is 4.79 Å². The molecule has 0 saturated carbocycles. The van der Waals surface area contributed by atoms with Gasteiger partial charge in [0.2, 0.25) is 0 Å². The summed E-state index contributed by atoms with van der Waals surface area (Å²) in [5.41, 5.74) is 3.51. The summed E-state index contributed by atoms with van der Waals surface area (Å²) in [6.45, 7) is 0.434. The number of aromatic nitrogens is 2. The fourth-order valence-corrected chi connectivity index (χ4v) is 2.82.